The summed E-state index contributed by atoms with van der Waals surface area (Å²) in [4.78, 5) is 4.71. The summed E-state index contributed by atoms with van der Waals surface area (Å²) in [5.74, 6) is 4.88. The van der Waals surface area contributed by atoms with Crippen LogP contribution in [0.3, 0.4) is 0 Å². The van der Waals surface area contributed by atoms with Crippen molar-refractivity contribution in [2.24, 2.45) is 46.3 Å². The van der Waals surface area contributed by atoms with E-state index in [0.717, 1.165) is 41.0 Å². The van der Waals surface area contributed by atoms with Gasteiger partial charge in [-0.2, -0.15) is 0 Å². The van der Waals surface area contributed by atoms with Gasteiger partial charge in [0.25, 0.3) is 0 Å². The Kier molecular flexibility index (Phi) is 4.37. The summed E-state index contributed by atoms with van der Waals surface area (Å²) in [5.41, 5.74) is 4.65. The molecule has 2 nitrogen and oxygen atoms in total. The maximum absolute atomic E-state index is 4.71. The maximum atomic E-state index is 4.71. The van der Waals surface area contributed by atoms with E-state index in [9.17, 15) is 0 Å². The fourth-order valence-corrected chi connectivity index (χ4v) is 8.33. The second-order valence-electron chi connectivity index (χ2n) is 12.0. The summed E-state index contributed by atoms with van der Waals surface area (Å²) in [6.45, 7) is 10.1. The van der Waals surface area contributed by atoms with Crippen molar-refractivity contribution in [2.45, 2.75) is 66.2 Å². The highest BCUT2D eigenvalue weighted by atomic mass is 15.1. The molecule has 1 aromatic heterocycles. The lowest BCUT2D eigenvalue weighted by molar-refractivity contribution is -0.0517. The number of aromatic nitrogens is 2. The molecule has 4 aliphatic carbocycles. The number of rotatable bonds is 2. The fourth-order valence-electron chi connectivity index (χ4n) is 8.33. The van der Waals surface area contributed by atoms with Gasteiger partial charge in [-0.05, 0) is 91.6 Å². The van der Waals surface area contributed by atoms with E-state index < -0.39 is 0 Å². The van der Waals surface area contributed by atoms with E-state index in [1.807, 2.05) is 0 Å². The molecule has 2 saturated carbocycles. The summed E-state index contributed by atoms with van der Waals surface area (Å²) in [5, 5.41) is 0. The van der Waals surface area contributed by atoms with E-state index in [2.05, 4.69) is 81.1 Å². The van der Waals surface area contributed by atoms with Gasteiger partial charge in [0, 0.05) is 11.1 Å². The molecule has 0 bridgehead atoms. The molecule has 2 heteroatoms. The van der Waals surface area contributed by atoms with Crippen LogP contribution in [0.4, 0.5) is 0 Å². The zero-order chi connectivity index (χ0) is 21.4. The Morgan fingerprint density at radius 3 is 2.71 bits per heavy atom. The van der Waals surface area contributed by atoms with E-state index in [4.69, 9.17) is 4.98 Å². The number of nitrogens with zero attached hydrogens (tertiary/aromatic N) is 2. The Morgan fingerprint density at radius 1 is 1.03 bits per heavy atom. The third-order valence-corrected chi connectivity index (χ3v) is 10.4. The molecular formula is C29H38N2. The molecule has 0 amide bonds. The molecule has 5 unspecified atom stereocenters. The fraction of sp³-hybridized carbons (Fsp3) is 0.621. The molecule has 164 valence electrons. The maximum Gasteiger partial charge on any atom is 0.100 e. The van der Waals surface area contributed by atoms with Gasteiger partial charge in [0.05, 0.1) is 11.0 Å². The first-order chi connectivity index (χ1) is 14.9. The number of para-hydroxylation sites is 2. The summed E-state index contributed by atoms with van der Waals surface area (Å²) in [7, 11) is 0. The Balaban J connectivity index is 1.33. The van der Waals surface area contributed by atoms with Crippen molar-refractivity contribution in [2.75, 3.05) is 0 Å². The van der Waals surface area contributed by atoms with Crippen LogP contribution in [0, 0.1) is 46.3 Å². The second kappa shape index (κ2) is 6.83. The van der Waals surface area contributed by atoms with Gasteiger partial charge in [-0.3, -0.25) is 0 Å². The molecule has 31 heavy (non-hydrogen) atoms. The highest BCUT2D eigenvalue weighted by molar-refractivity contribution is 5.80. The minimum Gasteiger partial charge on any atom is -0.302 e. The molecule has 2 fully saturated rings. The van der Waals surface area contributed by atoms with Crippen LogP contribution in [0.15, 0.2) is 48.8 Å². The molecule has 0 radical (unpaired) electrons. The molecule has 0 saturated heterocycles. The third kappa shape index (κ3) is 2.72. The van der Waals surface area contributed by atoms with Crippen LogP contribution in [0.25, 0.3) is 16.7 Å². The van der Waals surface area contributed by atoms with Crippen LogP contribution >= 0.6 is 0 Å². The molecule has 4 aliphatic rings. The average Bonchev–Trinajstić information content (AvgIpc) is 3.33. The number of fused-ring (bicyclic) bond motifs is 6. The molecule has 2 aromatic rings. The predicted octanol–water partition coefficient (Wildman–Crippen LogP) is 7.58. The smallest absolute Gasteiger partial charge is 0.100 e. The first-order valence-electron chi connectivity index (χ1n) is 12.7. The number of imidazole rings is 1. The van der Waals surface area contributed by atoms with Gasteiger partial charge in [-0.1, -0.05) is 58.1 Å². The van der Waals surface area contributed by atoms with Gasteiger partial charge in [0.15, 0.2) is 0 Å². The third-order valence-electron chi connectivity index (χ3n) is 10.4. The van der Waals surface area contributed by atoms with Crippen LogP contribution < -0.4 is 0 Å². The highest BCUT2D eigenvalue weighted by Crippen LogP contribution is 2.66. The van der Waals surface area contributed by atoms with E-state index in [-0.39, 0.29) is 5.41 Å². The molecule has 1 aromatic carbocycles. The molecule has 1 heterocycles. The van der Waals surface area contributed by atoms with E-state index in [0.29, 0.717) is 5.41 Å². The standard InChI is InChI=1S/C29H38N2/c1-19(2)20-13-15-28(3)21(17-20)9-10-22-23-11-12-27(29(23,4)16-14-24(22)28)31-18-30-25-7-5-6-8-26(25)31/h5-10,12,18-24H,11,13-17H2,1-4H3/t20?,21?,22?,23?,24?,28-,29-/m0/s1. The largest absolute Gasteiger partial charge is 0.302 e. The van der Waals surface area contributed by atoms with Crippen molar-refractivity contribution in [1.82, 2.24) is 9.55 Å². The summed E-state index contributed by atoms with van der Waals surface area (Å²) < 4.78 is 2.40. The number of allylic oxidation sites excluding steroid dienone is 4. The quantitative estimate of drug-likeness (QED) is 0.463. The Labute approximate surface area is 187 Å². The lowest BCUT2D eigenvalue weighted by Gasteiger charge is -2.59. The Hall–Kier alpha value is -1.83. The molecular weight excluding hydrogens is 376 g/mol. The monoisotopic (exact) mass is 414 g/mol. The van der Waals surface area contributed by atoms with Gasteiger partial charge < -0.3 is 4.57 Å². The van der Waals surface area contributed by atoms with Gasteiger partial charge in [-0.25, -0.2) is 4.98 Å². The van der Waals surface area contributed by atoms with E-state index in [1.54, 1.807) is 0 Å². The van der Waals surface area contributed by atoms with Crippen molar-refractivity contribution in [3.63, 3.8) is 0 Å². The normalized spacial score (nSPS) is 41.7. The summed E-state index contributed by atoms with van der Waals surface area (Å²) >= 11 is 0. The number of hydrogen-bond donors (Lipinski definition) is 0. The summed E-state index contributed by atoms with van der Waals surface area (Å²) in [6.07, 6.45) is 18.2. The minimum atomic E-state index is 0.257. The van der Waals surface area contributed by atoms with Gasteiger partial charge in [0.2, 0.25) is 0 Å². The molecule has 0 N–H and O–H groups in total. The van der Waals surface area contributed by atoms with Gasteiger partial charge in [-0.15, -0.1) is 0 Å². The average molecular weight is 415 g/mol. The SMILES string of the molecule is CC(C)C1CC[C@@]2(C)C(C=CC3C2CC[C@]2(C)C(n4cnc5ccccc54)=CCC32)C1. The summed E-state index contributed by atoms with van der Waals surface area (Å²) in [6, 6.07) is 8.60. The molecule has 6 rings (SSSR count). The zero-order valence-electron chi connectivity index (χ0n) is 19.7. The Bertz CT molecular complexity index is 1060. The van der Waals surface area contributed by atoms with Gasteiger partial charge in [0.1, 0.15) is 6.33 Å². The van der Waals surface area contributed by atoms with Crippen molar-refractivity contribution >= 4 is 16.7 Å². The topological polar surface area (TPSA) is 17.8 Å². The zero-order valence-corrected chi connectivity index (χ0v) is 19.7. The number of hydrogen-bond acceptors (Lipinski definition) is 1. The van der Waals surface area contributed by atoms with Crippen molar-refractivity contribution in [3.8, 4) is 0 Å². The van der Waals surface area contributed by atoms with E-state index in [1.165, 1.54) is 49.7 Å². The van der Waals surface area contributed by atoms with Crippen LogP contribution in [0.1, 0.15) is 66.2 Å². The van der Waals surface area contributed by atoms with Crippen LogP contribution in [-0.2, 0) is 0 Å². The van der Waals surface area contributed by atoms with E-state index >= 15 is 0 Å². The van der Waals surface area contributed by atoms with Crippen molar-refractivity contribution < 1.29 is 0 Å². The molecule has 0 aliphatic heterocycles. The first-order valence-corrected chi connectivity index (χ1v) is 12.7. The van der Waals surface area contributed by atoms with Crippen LogP contribution in [0.2, 0.25) is 0 Å². The number of benzene rings is 1. The van der Waals surface area contributed by atoms with Crippen LogP contribution in [0.5, 0.6) is 0 Å². The Morgan fingerprint density at radius 2 is 1.87 bits per heavy atom. The predicted molar refractivity (Wildman–Crippen MR) is 129 cm³/mol. The molecule has 7 atom stereocenters. The highest BCUT2D eigenvalue weighted by Gasteiger charge is 2.57. The minimum absolute atomic E-state index is 0.257. The lowest BCUT2D eigenvalue weighted by Crippen LogP contribution is -2.51. The van der Waals surface area contributed by atoms with Crippen LogP contribution in [-0.4, -0.2) is 9.55 Å². The van der Waals surface area contributed by atoms with Crippen molar-refractivity contribution in [1.29, 1.82) is 0 Å². The van der Waals surface area contributed by atoms with Gasteiger partial charge >= 0.3 is 0 Å². The lowest BCUT2D eigenvalue weighted by atomic mass is 9.46. The first kappa shape index (κ1) is 19.8. The second-order valence-corrected chi connectivity index (χ2v) is 12.0. The van der Waals surface area contributed by atoms with Crippen molar-refractivity contribution in [3.05, 3.63) is 48.8 Å². The molecule has 0 spiro atoms.